The molecule has 0 bridgehead atoms. The van der Waals surface area contributed by atoms with Gasteiger partial charge < -0.3 is 9.47 Å². The predicted molar refractivity (Wildman–Crippen MR) is 94.5 cm³/mol. The van der Waals surface area contributed by atoms with Crippen molar-refractivity contribution in [2.45, 2.75) is 32.1 Å². The Morgan fingerprint density at radius 1 is 1.08 bits per heavy atom. The van der Waals surface area contributed by atoms with Crippen molar-refractivity contribution in [1.82, 2.24) is 0 Å². The Morgan fingerprint density at radius 3 is 2.54 bits per heavy atom. The van der Waals surface area contributed by atoms with Gasteiger partial charge in [-0.25, -0.2) is 0 Å². The number of benzene rings is 2. The zero-order chi connectivity index (χ0) is 17.1. The van der Waals surface area contributed by atoms with Crippen LogP contribution in [0, 0.1) is 5.92 Å². The van der Waals surface area contributed by atoms with Crippen molar-refractivity contribution in [2.75, 3.05) is 14.2 Å². The molecule has 0 saturated heterocycles. The summed E-state index contributed by atoms with van der Waals surface area (Å²) in [5.74, 6) is 0.811. The van der Waals surface area contributed by atoms with Crippen LogP contribution in [-0.2, 0) is 22.4 Å². The van der Waals surface area contributed by atoms with Crippen LogP contribution in [0.4, 0.5) is 0 Å². The molecular formula is C21H24O3. The lowest BCUT2D eigenvalue weighted by Crippen LogP contribution is -2.17. The fourth-order valence-corrected chi connectivity index (χ4v) is 3.71. The zero-order valence-electron chi connectivity index (χ0n) is 14.5. The lowest BCUT2D eigenvalue weighted by molar-refractivity contribution is -0.145. The Hall–Kier alpha value is -2.29. The molecule has 0 spiro atoms. The molecule has 1 aliphatic carbocycles. The van der Waals surface area contributed by atoms with E-state index < -0.39 is 0 Å². The first-order valence-electron chi connectivity index (χ1n) is 8.46. The van der Waals surface area contributed by atoms with Crippen LogP contribution >= 0.6 is 0 Å². The van der Waals surface area contributed by atoms with Gasteiger partial charge in [0, 0.05) is 5.92 Å². The summed E-state index contributed by atoms with van der Waals surface area (Å²) in [6.07, 6.45) is 2.76. The van der Waals surface area contributed by atoms with Crippen LogP contribution in [0.1, 0.15) is 41.5 Å². The van der Waals surface area contributed by atoms with E-state index in [-0.39, 0.29) is 17.8 Å². The van der Waals surface area contributed by atoms with Crippen LogP contribution in [-0.4, -0.2) is 20.2 Å². The highest BCUT2D eigenvalue weighted by atomic mass is 16.5. The molecule has 0 aromatic heterocycles. The van der Waals surface area contributed by atoms with E-state index in [0.717, 1.165) is 25.0 Å². The third-order valence-electron chi connectivity index (χ3n) is 5.01. The molecular weight excluding hydrogens is 300 g/mol. The molecule has 0 amide bonds. The molecule has 0 radical (unpaired) electrons. The number of carbonyl (C=O) groups is 1. The quantitative estimate of drug-likeness (QED) is 0.794. The minimum absolute atomic E-state index is 0.138. The van der Waals surface area contributed by atoms with Gasteiger partial charge in [-0.15, -0.1) is 0 Å². The first-order valence-corrected chi connectivity index (χ1v) is 8.46. The topological polar surface area (TPSA) is 35.5 Å². The minimum Gasteiger partial charge on any atom is -0.497 e. The van der Waals surface area contributed by atoms with Crippen LogP contribution in [0.2, 0.25) is 0 Å². The Labute approximate surface area is 143 Å². The number of rotatable bonds is 4. The lowest BCUT2D eigenvalue weighted by Gasteiger charge is -2.23. The summed E-state index contributed by atoms with van der Waals surface area (Å²) >= 11 is 0. The number of hydrogen-bond acceptors (Lipinski definition) is 3. The highest BCUT2D eigenvalue weighted by molar-refractivity contribution is 5.72. The Kier molecular flexibility index (Phi) is 4.89. The largest absolute Gasteiger partial charge is 0.497 e. The summed E-state index contributed by atoms with van der Waals surface area (Å²) < 4.78 is 10.3. The monoisotopic (exact) mass is 324 g/mol. The van der Waals surface area contributed by atoms with E-state index in [1.54, 1.807) is 7.11 Å². The molecule has 126 valence electrons. The highest BCUT2D eigenvalue weighted by Gasteiger charge is 2.27. The number of fused-ring (bicyclic) bond motifs is 2. The van der Waals surface area contributed by atoms with Crippen molar-refractivity contribution in [3.8, 4) is 5.75 Å². The maximum Gasteiger partial charge on any atom is 0.308 e. The number of ether oxygens (including phenoxy) is 2. The van der Waals surface area contributed by atoms with Crippen LogP contribution in [0.5, 0.6) is 5.75 Å². The Morgan fingerprint density at radius 2 is 1.79 bits per heavy atom. The molecule has 0 N–H and O–H groups in total. The average molecular weight is 324 g/mol. The predicted octanol–water partition coefficient (Wildman–Crippen LogP) is 4.12. The number of hydrogen-bond donors (Lipinski definition) is 0. The second kappa shape index (κ2) is 7.08. The van der Waals surface area contributed by atoms with Crippen molar-refractivity contribution in [1.29, 1.82) is 0 Å². The van der Waals surface area contributed by atoms with E-state index in [4.69, 9.17) is 9.47 Å². The molecule has 2 atom stereocenters. The summed E-state index contributed by atoms with van der Waals surface area (Å²) in [6, 6.07) is 14.9. The van der Waals surface area contributed by atoms with Gasteiger partial charge in [-0.05, 0) is 53.6 Å². The lowest BCUT2D eigenvalue weighted by atomic mass is 9.82. The third kappa shape index (κ3) is 3.16. The third-order valence-corrected chi connectivity index (χ3v) is 5.01. The SMILES string of the molecule is COC(=O)C(C)CC1c2ccccc2CCc2cc(OC)ccc21. The van der Waals surface area contributed by atoms with Crippen LogP contribution in [0.25, 0.3) is 0 Å². The molecule has 3 heteroatoms. The van der Waals surface area contributed by atoms with Gasteiger partial charge in [0.2, 0.25) is 0 Å². The average Bonchev–Trinajstić information content (AvgIpc) is 2.78. The van der Waals surface area contributed by atoms with E-state index in [1.165, 1.54) is 29.4 Å². The van der Waals surface area contributed by atoms with Crippen molar-refractivity contribution in [3.63, 3.8) is 0 Å². The molecule has 2 aromatic carbocycles. The van der Waals surface area contributed by atoms with E-state index in [0.29, 0.717) is 0 Å². The minimum atomic E-state index is -0.146. The summed E-state index contributed by atoms with van der Waals surface area (Å²) in [5, 5.41) is 0. The smallest absolute Gasteiger partial charge is 0.308 e. The molecule has 0 heterocycles. The standard InChI is InChI=1S/C21H24O3/c1-14(21(22)24-3)12-20-18-7-5-4-6-15(18)8-9-16-13-17(23-2)10-11-19(16)20/h4-7,10-11,13-14,20H,8-9,12H2,1-3H3. The van der Waals surface area contributed by atoms with E-state index in [1.807, 2.05) is 13.0 Å². The number of aryl methyl sites for hydroxylation is 2. The van der Waals surface area contributed by atoms with Crippen molar-refractivity contribution >= 4 is 5.97 Å². The molecule has 0 fully saturated rings. The molecule has 2 aromatic rings. The number of esters is 1. The fraction of sp³-hybridized carbons (Fsp3) is 0.381. The van der Waals surface area contributed by atoms with Gasteiger partial charge >= 0.3 is 5.97 Å². The maximum atomic E-state index is 12.0. The Balaban J connectivity index is 2.05. The molecule has 0 saturated carbocycles. The van der Waals surface area contributed by atoms with Gasteiger partial charge in [0.25, 0.3) is 0 Å². The maximum absolute atomic E-state index is 12.0. The van der Waals surface area contributed by atoms with Gasteiger partial charge in [0.1, 0.15) is 5.75 Å². The normalized spacial score (nSPS) is 17.2. The fourth-order valence-electron chi connectivity index (χ4n) is 3.71. The van der Waals surface area contributed by atoms with E-state index >= 15 is 0 Å². The van der Waals surface area contributed by atoms with Gasteiger partial charge in [-0.1, -0.05) is 37.3 Å². The summed E-state index contributed by atoms with van der Waals surface area (Å²) in [6.45, 7) is 1.95. The summed E-state index contributed by atoms with van der Waals surface area (Å²) in [7, 11) is 3.16. The molecule has 24 heavy (non-hydrogen) atoms. The molecule has 0 aliphatic heterocycles. The van der Waals surface area contributed by atoms with Crippen LogP contribution in [0.3, 0.4) is 0 Å². The molecule has 2 unspecified atom stereocenters. The van der Waals surface area contributed by atoms with Crippen molar-refractivity contribution in [2.24, 2.45) is 5.92 Å². The van der Waals surface area contributed by atoms with Gasteiger partial charge in [0.05, 0.1) is 20.1 Å². The number of methoxy groups -OCH3 is 2. The molecule has 3 nitrogen and oxygen atoms in total. The highest BCUT2D eigenvalue weighted by Crippen LogP contribution is 2.39. The van der Waals surface area contributed by atoms with E-state index in [2.05, 4.69) is 36.4 Å². The number of carbonyl (C=O) groups excluding carboxylic acids is 1. The zero-order valence-corrected chi connectivity index (χ0v) is 14.5. The first-order chi connectivity index (χ1) is 11.6. The second-order valence-corrected chi connectivity index (χ2v) is 6.48. The van der Waals surface area contributed by atoms with Crippen molar-refractivity contribution < 1.29 is 14.3 Å². The summed E-state index contributed by atoms with van der Waals surface area (Å²) in [5.41, 5.74) is 5.32. The molecule has 3 rings (SSSR count). The van der Waals surface area contributed by atoms with Crippen molar-refractivity contribution in [3.05, 3.63) is 64.7 Å². The molecule has 1 aliphatic rings. The van der Waals surface area contributed by atoms with E-state index in [9.17, 15) is 4.79 Å². The van der Waals surface area contributed by atoms with Crippen LogP contribution in [0.15, 0.2) is 42.5 Å². The van der Waals surface area contributed by atoms with Gasteiger partial charge in [-0.2, -0.15) is 0 Å². The van der Waals surface area contributed by atoms with Gasteiger partial charge in [0.15, 0.2) is 0 Å². The van der Waals surface area contributed by atoms with Gasteiger partial charge in [-0.3, -0.25) is 4.79 Å². The second-order valence-electron chi connectivity index (χ2n) is 6.48. The summed E-state index contributed by atoms with van der Waals surface area (Å²) in [4.78, 5) is 12.0. The Bertz CT molecular complexity index is 736. The first kappa shape index (κ1) is 16.6. The van der Waals surface area contributed by atoms with Crippen LogP contribution < -0.4 is 4.74 Å².